The van der Waals surface area contributed by atoms with Crippen LogP contribution in [-0.2, 0) is 18.3 Å². The molecule has 0 atom stereocenters. The fraction of sp³-hybridized carbons (Fsp3) is 0.250. The molecule has 6 heteroatoms. The normalized spacial score (nSPS) is 10.9. The molecule has 0 aliphatic rings. The van der Waals surface area contributed by atoms with Crippen LogP contribution in [0.1, 0.15) is 11.4 Å². The maximum absolute atomic E-state index is 11.5. The minimum absolute atomic E-state index is 0.120. The number of imidazole rings is 1. The summed E-state index contributed by atoms with van der Waals surface area (Å²) in [5.41, 5.74) is 0.902. The number of nitrogens with one attached hydrogen (secondary N) is 2. The predicted molar refractivity (Wildman–Crippen MR) is 67.5 cm³/mol. The van der Waals surface area contributed by atoms with Gasteiger partial charge in [-0.1, -0.05) is 0 Å². The lowest BCUT2D eigenvalue weighted by Gasteiger charge is -1.99. The van der Waals surface area contributed by atoms with Crippen molar-refractivity contribution in [2.24, 2.45) is 7.05 Å². The zero-order valence-corrected chi connectivity index (χ0v) is 10.1. The summed E-state index contributed by atoms with van der Waals surface area (Å²) in [7, 11) is 1.83. The Hall–Kier alpha value is -2.37. The molecular weight excluding hydrogens is 230 g/mol. The summed E-state index contributed by atoms with van der Waals surface area (Å²) in [6, 6.07) is 0. The Kier molecular flexibility index (Phi) is 3.90. The van der Waals surface area contributed by atoms with Crippen LogP contribution in [0.3, 0.4) is 0 Å². The summed E-state index contributed by atoms with van der Waals surface area (Å²) in [6.45, 7) is 0.559. The zero-order valence-electron chi connectivity index (χ0n) is 10.1. The Morgan fingerprint density at radius 2 is 2.50 bits per heavy atom. The number of aryl methyl sites for hydroxylation is 1. The first-order chi connectivity index (χ1) is 8.74. The van der Waals surface area contributed by atoms with Crippen molar-refractivity contribution < 1.29 is 4.79 Å². The average Bonchev–Trinajstić information content (AvgIpc) is 2.98. The van der Waals surface area contributed by atoms with E-state index in [4.69, 9.17) is 0 Å². The third kappa shape index (κ3) is 3.58. The first-order valence-corrected chi connectivity index (χ1v) is 5.67. The molecule has 2 aromatic heterocycles. The molecule has 2 rings (SSSR count). The Labute approximate surface area is 105 Å². The Morgan fingerprint density at radius 3 is 3.17 bits per heavy atom. The van der Waals surface area contributed by atoms with Gasteiger partial charge in [-0.15, -0.1) is 0 Å². The number of rotatable bonds is 5. The average molecular weight is 245 g/mol. The van der Waals surface area contributed by atoms with Crippen molar-refractivity contribution in [1.29, 1.82) is 0 Å². The van der Waals surface area contributed by atoms with Gasteiger partial charge in [-0.3, -0.25) is 9.48 Å². The van der Waals surface area contributed by atoms with Crippen LogP contribution in [0.25, 0.3) is 6.08 Å². The van der Waals surface area contributed by atoms with Crippen LogP contribution in [0.2, 0.25) is 0 Å². The second-order valence-corrected chi connectivity index (χ2v) is 3.86. The summed E-state index contributed by atoms with van der Waals surface area (Å²) in [5, 5.41) is 6.80. The van der Waals surface area contributed by atoms with Crippen LogP contribution in [0.4, 0.5) is 0 Å². The SMILES string of the molecule is Cn1cc(/C=C/C(=O)NCCc2ncc[nH]2)cn1. The van der Waals surface area contributed by atoms with Crippen LogP contribution < -0.4 is 5.32 Å². The van der Waals surface area contributed by atoms with Crippen molar-refractivity contribution in [2.75, 3.05) is 6.54 Å². The van der Waals surface area contributed by atoms with E-state index in [1.165, 1.54) is 6.08 Å². The van der Waals surface area contributed by atoms with E-state index in [0.717, 1.165) is 11.4 Å². The van der Waals surface area contributed by atoms with Gasteiger partial charge in [0.05, 0.1) is 6.20 Å². The predicted octanol–water partition coefficient (Wildman–Crippen LogP) is 0.515. The molecule has 0 bridgehead atoms. The van der Waals surface area contributed by atoms with Gasteiger partial charge in [-0.25, -0.2) is 4.98 Å². The molecule has 18 heavy (non-hydrogen) atoms. The van der Waals surface area contributed by atoms with E-state index in [1.807, 2.05) is 13.2 Å². The third-order valence-electron chi connectivity index (χ3n) is 2.37. The number of H-pyrrole nitrogens is 1. The number of hydrogen-bond acceptors (Lipinski definition) is 3. The molecule has 0 spiro atoms. The first-order valence-electron chi connectivity index (χ1n) is 5.67. The van der Waals surface area contributed by atoms with Gasteiger partial charge in [0, 0.05) is 50.2 Å². The van der Waals surface area contributed by atoms with Gasteiger partial charge in [0.2, 0.25) is 5.91 Å². The molecule has 0 unspecified atom stereocenters. The van der Waals surface area contributed by atoms with Gasteiger partial charge in [-0.2, -0.15) is 5.10 Å². The first kappa shape index (κ1) is 12.1. The molecule has 0 fully saturated rings. The highest BCUT2D eigenvalue weighted by molar-refractivity contribution is 5.91. The minimum Gasteiger partial charge on any atom is -0.352 e. The van der Waals surface area contributed by atoms with Gasteiger partial charge in [-0.05, 0) is 6.08 Å². The summed E-state index contributed by atoms with van der Waals surface area (Å²) in [4.78, 5) is 18.5. The van der Waals surface area contributed by atoms with E-state index in [2.05, 4.69) is 20.4 Å². The lowest BCUT2D eigenvalue weighted by atomic mass is 10.3. The van der Waals surface area contributed by atoms with Crippen molar-refractivity contribution in [3.8, 4) is 0 Å². The van der Waals surface area contributed by atoms with E-state index < -0.39 is 0 Å². The van der Waals surface area contributed by atoms with Crippen molar-refractivity contribution in [1.82, 2.24) is 25.1 Å². The number of carbonyl (C=O) groups excluding carboxylic acids is 1. The largest absolute Gasteiger partial charge is 0.352 e. The van der Waals surface area contributed by atoms with Crippen LogP contribution in [-0.4, -0.2) is 32.2 Å². The topological polar surface area (TPSA) is 75.6 Å². The van der Waals surface area contributed by atoms with Crippen LogP contribution in [0, 0.1) is 0 Å². The molecule has 0 radical (unpaired) electrons. The van der Waals surface area contributed by atoms with Gasteiger partial charge in [0.1, 0.15) is 5.82 Å². The maximum atomic E-state index is 11.5. The van der Waals surface area contributed by atoms with Crippen molar-refractivity contribution in [2.45, 2.75) is 6.42 Å². The highest BCUT2D eigenvalue weighted by Gasteiger charge is 1.98. The molecule has 2 N–H and O–H groups in total. The molecular formula is C12H15N5O. The monoisotopic (exact) mass is 245 g/mol. The molecule has 0 saturated heterocycles. The van der Waals surface area contributed by atoms with Gasteiger partial charge < -0.3 is 10.3 Å². The Morgan fingerprint density at radius 1 is 1.61 bits per heavy atom. The van der Waals surface area contributed by atoms with Crippen LogP contribution in [0.5, 0.6) is 0 Å². The molecule has 0 saturated carbocycles. The van der Waals surface area contributed by atoms with E-state index in [0.29, 0.717) is 13.0 Å². The van der Waals surface area contributed by atoms with E-state index in [9.17, 15) is 4.79 Å². The highest BCUT2D eigenvalue weighted by Crippen LogP contribution is 1.98. The molecule has 94 valence electrons. The summed E-state index contributed by atoms with van der Waals surface area (Å²) >= 11 is 0. The van der Waals surface area contributed by atoms with E-state index >= 15 is 0 Å². The smallest absolute Gasteiger partial charge is 0.244 e. The number of aromatic nitrogens is 4. The minimum atomic E-state index is -0.120. The second kappa shape index (κ2) is 5.81. The van der Waals surface area contributed by atoms with Crippen LogP contribution in [0.15, 0.2) is 30.9 Å². The number of amides is 1. The molecule has 2 aromatic rings. The Bertz CT molecular complexity index is 526. The fourth-order valence-corrected chi connectivity index (χ4v) is 1.50. The number of aromatic amines is 1. The third-order valence-corrected chi connectivity index (χ3v) is 2.37. The molecule has 6 nitrogen and oxygen atoms in total. The van der Waals surface area contributed by atoms with Crippen molar-refractivity contribution in [3.63, 3.8) is 0 Å². The Balaban J connectivity index is 1.73. The van der Waals surface area contributed by atoms with E-state index in [-0.39, 0.29) is 5.91 Å². The van der Waals surface area contributed by atoms with Gasteiger partial charge in [0.25, 0.3) is 0 Å². The van der Waals surface area contributed by atoms with Crippen molar-refractivity contribution in [3.05, 3.63) is 42.3 Å². The zero-order chi connectivity index (χ0) is 12.8. The fourth-order valence-electron chi connectivity index (χ4n) is 1.50. The maximum Gasteiger partial charge on any atom is 0.244 e. The number of hydrogen-bond donors (Lipinski definition) is 2. The molecule has 0 aliphatic carbocycles. The molecule has 1 amide bonds. The summed E-state index contributed by atoms with van der Waals surface area (Å²) in [6.07, 6.45) is 10.9. The lowest BCUT2D eigenvalue weighted by Crippen LogP contribution is -2.23. The quantitative estimate of drug-likeness (QED) is 0.754. The number of nitrogens with zero attached hydrogens (tertiary/aromatic N) is 3. The van der Waals surface area contributed by atoms with Crippen LogP contribution >= 0.6 is 0 Å². The van der Waals surface area contributed by atoms with Gasteiger partial charge >= 0.3 is 0 Å². The lowest BCUT2D eigenvalue weighted by molar-refractivity contribution is -0.116. The summed E-state index contributed by atoms with van der Waals surface area (Å²) < 4.78 is 1.69. The van der Waals surface area contributed by atoms with E-state index in [1.54, 1.807) is 29.3 Å². The van der Waals surface area contributed by atoms with Gasteiger partial charge in [0.15, 0.2) is 0 Å². The molecule has 2 heterocycles. The summed E-state index contributed by atoms with van der Waals surface area (Å²) in [5.74, 6) is 0.747. The standard InChI is InChI=1S/C12H15N5O/c1-17-9-10(8-16-17)2-3-12(18)15-5-4-11-13-6-7-14-11/h2-3,6-9H,4-5H2,1H3,(H,13,14)(H,15,18)/b3-2+. The highest BCUT2D eigenvalue weighted by atomic mass is 16.1. The molecule has 0 aliphatic heterocycles. The second-order valence-electron chi connectivity index (χ2n) is 3.86. The van der Waals surface area contributed by atoms with Crippen molar-refractivity contribution >= 4 is 12.0 Å². The number of carbonyl (C=O) groups is 1. The molecule has 0 aromatic carbocycles.